The highest BCUT2D eigenvalue weighted by Crippen LogP contribution is 2.33. The predicted octanol–water partition coefficient (Wildman–Crippen LogP) is 3.47. The molecule has 28 heavy (non-hydrogen) atoms. The second-order valence-corrected chi connectivity index (χ2v) is 8.48. The lowest BCUT2D eigenvalue weighted by atomic mass is 9.97. The Morgan fingerprint density at radius 3 is 2.71 bits per heavy atom. The summed E-state index contributed by atoms with van der Waals surface area (Å²) in [6.07, 6.45) is 6.41. The lowest BCUT2D eigenvalue weighted by Crippen LogP contribution is -2.21. The summed E-state index contributed by atoms with van der Waals surface area (Å²) in [5.41, 5.74) is 2.03. The first kappa shape index (κ1) is 17.6. The van der Waals surface area contributed by atoms with Gasteiger partial charge in [0, 0.05) is 25.6 Å². The second-order valence-electron chi connectivity index (χ2n) is 8.48. The number of benzene rings is 1. The van der Waals surface area contributed by atoms with Gasteiger partial charge in [0.15, 0.2) is 5.65 Å². The molecule has 146 valence electrons. The minimum atomic E-state index is -0.0574. The van der Waals surface area contributed by atoms with Gasteiger partial charge in [-0.15, -0.1) is 0 Å². The van der Waals surface area contributed by atoms with E-state index in [-0.39, 0.29) is 11.5 Å². The van der Waals surface area contributed by atoms with Crippen molar-refractivity contribution < 1.29 is 0 Å². The van der Waals surface area contributed by atoms with Gasteiger partial charge in [-0.25, -0.2) is 9.67 Å². The van der Waals surface area contributed by atoms with Crippen LogP contribution in [0, 0.1) is 5.92 Å². The lowest BCUT2D eigenvalue weighted by molar-refractivity contribution is 0.318. The van der Waals surface area contributed by atoms with Crippen LogP contribution in [0.25, 0.3) is 11.0 Å². The molecule has 3 heterocycles. The van der Waals surface area contributed by atoms with Crippen molar-refractivity contribution >= 4 is 11.0 Å². The maximum atomic E-state index is 12.7. The molecule has 2 atom stereocenters. The third-order valence-electron chi connectivity index (χ3n) is 6.44. The molecule has 1 aliphatic carbocycles. The zero-order valence-electron chi connectivity index (χ0n) is 16.3. The Morgan fingerprint density at radius 2 is 1.93 bits per heavy atom. The van der Waals surface area contributed by atoms with Gasteiger partial charge in [-0.2, -0.15) is 5.10 Å². The summed E-state index contributed by atoms with van der Waals surface area (Å²) in [6.45, 7) is 5.13. The molecular formula is C22H27N5O. The smallest absolute Gasteiger partial charge is 0.262 e. The highest BCUT2D eigenvalue weighted by molar-refractivity contribution is 5.73. The van der Waals surface area contributed by atoms with Crippen LogP contribution in [0.1, 0.15) is 56.0 Å². The first-order chi connectivity index (χ1) is 13.7. The molecule has 3 aromatic rings. The Hall–Kier alpha value is -2.47. The van der Waals surface area contributed by atoms with Crippen molar-refractivity contribution in [2.24, 2.45) is 5.92 Å². The van der Waals surface area contributed by atoms with Crippen LogP contribution in [0.4, 0.5) is 0 Å². The highest BCUT2D eigenvalue weighted by atomic mass is 16.1. The van der Waals surface area contributed by atoms with E-state index in [4.69, 9.17) is 4.98 Å². The Kier molecular flexibility index (Phi) is 4.51. The number of aromatic amines is 1. The molecule has 0 amide bonds. The van der Waals surface area contributed by atoms with Gasteiger partial charge in [-0.3, -0.25) is 9.69 Å². The Morgan fingerprint density at radius 1 is 1.14 bits per heavy atom. The number of nitrogens with one attached hydrogen (secondary N) is 1. The van der Waals surface area contributed by atoms with Crippen LogP contribution in [0.15, 0.2) is 41.3 Å². The van der Waals surface area contributed by atoms with E-state index < -0.39 is 0 Å². The van der Waals surface area contributed by atoms with Crippen LogP contribution >= 0.6 is 0 Å². The van der Waals surface area contributed by atoms with Crippen molar-refractivity contribution in [1.29, 1.82) is 0 Å². The average molecular weight is 377 g/mol. The maximum absolute atomic E-state index is 12.7. The Labute approximate surface area is 164 Å². The first-order valence-electron chi connectivity index (χ1n) is 10.4. The minimum Gasteiger partial charge on any atom is -0.310 e. The van der Waals surface area contributed by atoms with Crippen LogP contribution in [-0.4, -0.2) is 37.7 Å². The third-order valence-corrected chi connectivity index (χ3v) is 6.44. The number of aromatic nitrogens is 4. The lowest BCUT2D eigenvalue weighted by Gasteiger charge is -2.16. The van der Waals surface area contributed by atoms with Gasteiger partial charge in [0.1, 0.15) is 11.2 Å². The summed E-state index contributed by atoms with van der Waals surface area (Å²) in [4.78, 5) is 23.2. The SMILES string of the molecule is C[C@@H]1CN(Cc2ccccc2)CC1c1nc2c(cnn2C2CCCC2)c(=O)[nH]1. The predicted molar refractivity (Wildman–Crippen MR) is 109 cm³/mol. The van der Waals surface area contributed by atoms with Crippen molar-refractivity contribution in [3.63, 3.8) is 0 Å². The maximum Gasteiger partial charge on any atom is 0.262 e. The van der Waals surface area contributed by atoms with E-state index in [0.717, 1.165) is 43.9 Å². The van der Waals surface area contributed by atoms with Crippen molar-refractivity contribution in [3.8, 4) is 0 Å². The van der Waals surface area contributed by atoms with E-state index >= 15 is 0 Å². The molecule has 2 fully saturated rings. The third kappa shape index (κ3) is 3.15. The molecule has 0 bridgehead atoms. The molecule has 1 saturated carbocycles. The molecule has 2 aromatic heterocycles. The largest absolute Gasteiger partial charge is 0.310 e. The van der Waals surface area contributed by atoms with Crippen molar-refractivity contribution in [3.05, 3.63) is 58.3 Å². The van der Waals surface area contributed by atoms with Crippen LogP contribution in [-0.2, 0) is 6.54 Å². The summed E-state index contributed by atoms with van der Waals surface area (Å²) >= 11 is 0. The summed E-state index contributed by atoms with van der Waals surface area (Å²) in [5, 5.41) is 5.13. The Bertz CT molecular complexity index is 1020. The van der Waals surface area contributed by atoms with Gasteiger partial charge < -0.3 is 4.98 Å². The minimum absolute atomic E-state index is 0.0574. The standard InChI is InChI=1S/C22H27N5O/c1-15-12-26(13-16-7-3-2-4-8-16)14-19(15)20-24-21-18(22(28)25-20)11-23-27(21)17-9-5-6-10-17/h2-4,7-8,11,15,17,19H,5-6,9-10,12-14H2,1H3,(H,24,25,28)/t15-,19?/m1/s1. The highest BCUT2D eigenvalue weighted by Gasteiger charge is 2.33. The van der Waals surface area contributed by atoms with Gasteiger partial charge in [0.05, 0.1) is 12.2 Å². The summed E-state index contributed by atoms with van der Waals surface area (Å²) in [5.74, 6) is 1.51. The fraction of sp³-hybridized carbons (Fsp3) is 0.500. The molecule has 2 aliphatic rings. The molecule has 1 unspecified atom stereocenters. The van der Waals surface area contributed by atoms with E-state index in [0.29, 0.717) is 17.3 Å². The number of likely N-dealkylation sites (tertiary alicyclic amines) is 1. The molecule has 6 heteroatoms. The number of rotatable bonds is 4. The van der Waals surface area contributed by atoms with E-state index in [1.807, 2.05) is 4.68 Å². The topological polar surface area (TPSA) is 66.8 Å². The molecule has 1 N–H and O–H groups in total. The summed E-state index contributed by atoms with van der Waals surface area (Å²) in [7, 11) is 0. The van der Waals surface area contributed by atoms with Gasteiger partial charge in [0.2, 0.25) is 0 Å². The van der Waals surface area contributed by atoms with Crippen LogP contribution in [0.5, 0.6) is 0 Å². The molecule has 6 nitrogen and oxygen atoms in total. The van der Waals surface area contributed by atoms with Gasteiger partial charge in [0.25, 0.3) is 5.56 Å². The first-order valence-corrected chi connectivity index (χ1v) is 10.4. The zero-order valence-corrected chi connectivity index (χ0v) is 16.3. The number of nitrogens with zero attached hydrogens (tertiary/aromatic N) is 4. The van der Waals surface area contributed by atoms with E-state index in [1.54, 1.807) is 6.20 Å². The normalized spacial score (nSPS) is 23.8. The quantitative estimate of drug-likeness (QED) is 0.756. The zero-order chi connectivity index (χ0) is 19.1. The summed E-state index contributed by atoms with van der Waals surface area (Å²) < 4.78 is 2.00. The Balaban J connectivity index is 1.43. The van der Waals surface area contributed by atoms with E-state index in [1.165, 1.54) is 18.4 Å². The van der Waals surface area contributed by atoms with Crippen molar-refractivity contribution in [1.82, 2.24) is 24.6 Å². The molecule has 0 spiro atoms. The molecule has 1 aliphatic heterocycles. The number of fused-ring (bicyclic) bond motifs is 1. The van der Waals surface area contributed by atoms with Gasteiger partial charge >= 0.3 is 0 Å². The average Bonchev–Trinajstić information content (AvgIpc) is 3.42. The molecular weight excluding hydrogens is 350 g/mol. The van der Waals surface area contributed by atoms with Crippen molar-refractivity contribution in [2.75, 3.05) is 13.1 Å². The van der Waals surface area contributed by atoms with Gasteiger partial charge in [-0.1, -0.05) is 50.1 Å². The van der Waals surface area contributed by atoms with E-state index in [2.05, 4.69) is 52.2 Å². The second kappa shape index (κ2) is 7.17. The van der Waals surface area contributed by atoms with Crippen LogP contribution in [0.3, 0.4) is 0 Å². The fourth-order valence-corrected chi connectivity index (χ4v) is 4.94. The molecule has 1 aromatic carbocycles. The number of hydrogen-bond donors (Lipinski definition) is 1. The number of hydrogen-bond acceptors (Lipinski definition) is 4. The van der Waals surface area contributed by atoms with Crippen molar-refractivity contribution in [2.45, 2.75) is 51.1 Å². The summed E-state index contributed by atoms with van der Waals surface area (Å²) in [6, 6.07) is 11.0. The van der Waals surface area contributed by atoms with E-state index in [9.17, 15) is 4.79 Å². The fourth-order valence-electron chi connectivity index (χ4n) is 4.94. The van der Waals surface area contributed by atoms with Gasteiger partial charge in [-0.05, 0) is 24.3 Å². The van der Waals surface area contributed by atoms with Crippen LogP contribution in [0.2, 0.25) is 0 Å². The molecule has 5 rings (SSSR count). The molecule has 0 radical (unpaired) electrons. The monoisotopic (exact) mass is 377 g/mol. The number of H-pyrrole nitrogens is 1. The van der Waals surface area contributed by atoms with Crippen LogP contribution < -0.4 is 5.56 Å². The molecule has 1 saturated heterocycles.